The Kier molecular flexibility index (Phi) is 5.82. The van der Waals surface area contributed by atoms with E-state index in [9.17, 15) is 0 Å². The lowest BCUT2D eigenvalue weighted by Gasteiger charge is -2.31. The lowest BCUT2D eigenvalue weighted by molar-refractivity contribution is 0.561. The van der Waals surface area contributed by atoms with Crippen molar-refractivity contribution in [2.45, 2.75) is 38.5 Å². The smallest absolute Gasteiger partial charge is 0.229 e. The van der Waals surface area contributed by atoms with Crippen LogP contribution in [-0.4, -0.2) is 42.4 Å². The highest BCUT2D eigenvalue weighted by atomic mass is 15.4. The summed E-state index contributed by atoms with van der Waals surface area (Å²) in [7, 11) is 0. The third-order valence-corrected chi connectivity index (χ3v) is 5.21. The van der Waals surface area contributed by atoms with Crippen LogP contribution in [-0.2, 0) is 0 Å². The molecule has 2 aliphatic rings. The molecule has 6 heteroatoms. The molecule has 0 unspecified atom stereocenters. The van der Waals surface area contributed by atoms with Crippen molar-refractivity contribution in [3.05, 3.63) is 42.0 Å². The largest absolute Gasteiger partial charge is 0.356 e. The molecule has 0 amide bonds. The molecule has 0 radical (unpaired) electrons. The molecule has 1 aromatic carbocycles. The third-order valence-electron chi connectivity index (χ3n) is 5.21. The highest BCUT2D eigenvalue weighted by Crippen LogP contribution is 2.25. The Morgan fingerprint density at radius 3 is 2.19 bits per heavy atom. The van der Waals surface area contributed by atoms with Gasteiger partial charge >= 0.3 is 0 Å². The number of nitrogens with zero attached hydrogens (tertiary/aromatic N) is 5. The van der Waals surface area contributed by atoms with E-state index < -0.39 is 0 Å². The summed E-state index contributed by atoms with van der Waals surface area (Å²) in [4.78, 5) is 14.3. The van der Waals surface area contributed by atoms with Crippen LogP contribution in [0, 0.1) is 0 Å². The third kappa shape index (κ3) is 4.76. The minimum atomic E-state index is 0.762. The SMILES string of the molecule is C(=NNc1cc(N2CCCCC2)nc(N2CCCCC2)n1)c1ccccc1. The first-order chi connectivity index (χ1) is 13.4. The van der Waals surface area contributed by atoms with E-state index in [1.54, 1.807) is 0 Å². The Morgan fingerprint density at radius 1 is 0.815 bits per heavy atom. The Bertz CT molecular complexity index is 712. The van der Waals surface area contributed by atoms with Gasteiger partial charge in [-0.05, 0) is 44.1 Å². The van der Waals surface area contributed by atoms with E-state index >= 15 is 0 Å². The average molecular weight is 364 g/mol. The Balaban J connectivity index is 1.55. The van der Waals surface area contributed by atoms with Gasteiger partial charge in [0.25, 0.3) is 0 Å². The van der Waals surface area contributed by atoms with Gasteiger partial charge in [-0.3, -0.25) is 5.43 Å². The molecule has 142 valence electrons. The highest BCUT2D eigenvalue weighted by Gasteiger charge is 2.19. The van der Waals surface area contributed by atoms with Crippen molar-refractivity contribution in [2.75, 3.05) is 41.4 Å². The topological polar surface area (TPSA) is 56.7 Å². The van der Waals surface area contributed by atoms with Crippen LogP contribution in [0.4, 0.5) is 17.6 Å². The van der Waals surface area contributed by atoms with Crippen LogP contribution in [0.15, 0.2) is 41.5 Å². The van der Waals surface area contributed by atoms with Gasteiger partial charge in [-0.1, -0.05) is 30.3 Å². The number of rotatable bonds is 5. The van der Waals surface area contributed by atoms with Crippen LogP contribution in [0.3, 0.4) is 0 Å². The summed E-state index contributed by atoms with van der Waals surface area (Å²) < 4.78 is 0. The lowest BCUT2D eigenvalue weighted by atomic mass is 10.1. The van der Waals surface area contributed by atoms with Crippen molar-refractivity contribution in [2.24, 2.45) is 5.10 Å². The lowest BCUT2D eigenvalue weighted by Crippen LogP contribution is -2.33. The maximum Gasteiger partial charge on any atom is 0.229 e. The monoisotopic (exact) mass is 364 g/mol. The second-order valence-electron chi connectivity index (χ2n) is 7.29. The first-order valence-electron chi connectivity index (χ1n) is 10.1. The number of hydrazone groups is 1. The number of benzene rings is 1. The maximum absolute atomic E-state index is 4.90. The molecule has 1 N–H and O–H groups in total. The molecule has 3 heterocycles. The van der Waals surface area contributed by atoms with Crippen molar-refractivity contribution in [1.82, 2.24) is 9.97 Å². The van der Waals surface area contributed by atoms with E-state index in [1.165, 1.54) is 38.5 Å². The van der Waals surface area contributed by atoms with Crippen LogP contribution in [0.2, 0.25) is 0 Å². The second kappa shape index (κ2) is 8.84. The van der Waals surface area contributed by atoms with Crippen LogP contribution in [0.1, 0.15) is 44.1 Å². The normalized spacial score (nSPS) is 18.1. The minimum absolute atomic E-state index is 0.762. The maximum atomic E-state index is 4.90. The van der Waals surface area contributed by atoms with Crippen molar-refractivity contribution in [1.29, 1.82) is 0 Å². The molecule has 0 bridgehead atoms. The summed E-state index contributed by atoms with van der Waals surface area (Å²) in [5.74, 6) is 2.61. The summed E-state index contributed by atoms with van der Waals surface area (Å²) in [6.07, 6.45) is 9.33. The van der Waals surface area contributed by atoms with Crippen molar-refractivity contribution in [3.8, 4) is 0 Å². The standard InChI is InChI=1S/C21H28N6/c1-4-10-18(11-5-1)17-22-25-19-16-20(26-12-6-2-7-13-26)24-21(23-19)27-14-8-3-9-15-27/h1,4-5,10-11,16-17H,2-3,6-9,12-15H2,(H,23,24,25). The average Bonchev–Trinajstić information content (AvgIpc) is 2.76. The molecule has 0 atom stereocenters. The van der Waals surface area contributed by atoms with Gasteiger partial charge in [0.2, 0.25) is 5.95 Å². The fraction of sp³-hybridized carbons (Fsp3) is 0.476. The van der Waals surface area contributed by atoms with E-state index in [-0.39, 0.29) is 0 Å². The van der Waals surface area contributed by atoms with Gasteiger partial charge in [-0.2, -0.15) is 15.1 Å². The fourth-order valence-corrected chi connectivity index (χ4v) is 3.71. The van der Waals surface area contributed by atoms with Crippen LogP contribution < -0.4 is 15.2 Å². The van der Waals surface area contributed by atoms with E-state index in [2.05, 4.69) is 20.3 Å². The molecule has 6 nitrogen and oxygen atoms in total. The quantitative estimate of drug-likeness (QED) is 0.644. The van der Waals surface area contributed by atoms with Crippen molar-refractivity contribution < 1.29 is 0 Å². The van der Waals surface area contributed by atoms with Gasteiger partial charge in [0, 0.05) is 32.2 Å². The number of aromatic nitrogens is 2. The number of hydrogen-bond acceptors (Lipinski definition) is 6. The van der Waals surface area contributed by atoms with Gasteiger partial charge in [0.05, 0.1) is 6.21 Å². The van der Waals surface area contributed by atoms with Gasteiger partial charge in [0.1, 0.15) is 5.82 Å². The van der Waals surface area contributed by atoms with E-state index in [0.717, 1.165) is 49.3 Å². The molecular weight excluding hydrogens is 336 g/mol. The van der Waals surface area contributed by atoms with Gasteiger partial charge in [-0.25, -0.2) is 0 Å². The molecule has 2 aliphatic heterocycles. The predicted octanol–water partition coefficient (Wildman–Crippen LogP) is 3.90. The number of anilines is 3. The molecule has 0 saturated carbocycles. The molecule has 1 aromatic heterocycles. The summed E-state index contributed by atoms with van der Waals surface area (Å²) in [6.45, 7) is 4.22. The zero-order valence-corrected chi connectivity index (χ0v) is 15.8. The van der Waals surface area contributed by atoms with Crippen LogP contribution in [0.5, 0.6) is 0 Å². The van der Waals surface area contributed by atoms with Gasteiger partial charge in [-0.15, -0.1) is 0 Å². The first-order valence-corrected chi connectivity index (χ1v) is 10.1. The Labute approximate surface area is 161 Å². The highest BCUT2D eigenvalue weighted by molar-refractivity contribution is 5.80. The number of piperidine rings is 2. The molecule has 0 spiro atoms. The molecule has 27 heavy (non-hydrogen) atoms. The summed E-state index contributed by atoms with van der Waals surface area (Å²) in [5, 5.41) is 4.38. The number of hydrogen-bond donors (Lipinski definition) is 1. The first kappa shape index (κ1) is 17.8. The van der Waals surface area contributed by atoms with Crippen molar-refractivity contribution in [3.63, 3.8) is 0 Å². The molecule has 2 saturated heterocycles. The van der Waals surface area contributed by atoms with E-state index in [4.69, 9.17) is 9.97 Å². The second-order valence-corrected chi connectivity index (χ2v) is 7.29. The minimum Gasteiger partial charge on any atom is -0.356 e. The molecule has 2 fully saturated rings. The summed E-state index contributed by atoms with van der Waals surface area (Å²) in [6, 6.07) is 12.1. The Hall–Kier alpha value is -2.63. The van der Waals surface area contributed by atoms with E-state index in [0.29, 0.717) is 0 Å². The zero-order chi connectivity index (χ0) is 18.3. The summed E-state index contributed by atoms with van der Waals surface area (Å²) in [5.41, 5.74) is 4.18. The molecule has 2 aromatic rings. The Morgan fingerprint density at radius 2 is 1.48 bits per heavy atom. The van der Waals surface area contributed by atoms with Crippen LogP contribution >= 0.6 is 0 Å². The zero-order valence-electron chi connectivity index (χ0n) is 15.8. The fourth-order valence-electron chi connectivity index (χ4n) is 3.71. The molecule has 0 aliphatic carbocycles. The number of nitrogens with one attached hydrogen (secondary N) is 1. The van der Waals surface area contributed by atoms with Crippen LogP contribution in [0.25, 0.3) is 0 Å². The van der Waals surface area contributed by atoms with Gasteiger partial charge < -0.3 is 9.80 Å². The summed E-state index contributed by atoms with van der Waals surface area (Å²) >= 11 is 0. The van der Waals surface area contributed by atoms with E-state index in [1.807, 2.05) is 42.6 Å². The predicted molar refractivity (Wildman–Crippen MR) is 112 cm³/mol. The molecule has 4 rings (SSSR count). The van der Waals surface area contributed by atoms with Crippen molar-refractivity contribution >= 4 is 23.8 Å². The molecular formula is C21H28N6. The van der Waals surface area contributed by atoms with Gasteiger partial charge in [0.15, 0.2) is 5.82 Å².